The van der Waals surface area contributed by atoms with Gasteiger partial charge in [0, 0.05) is 26.7 Å². The van der Waals surface area contributed by atoms with Crippen LogP contribution in [-0.2, 0) is 4.74 Å². The average molecular weight is 241 g/mol. The average Bonchev–Trinajstić information content (AvgIpc) is 2.31. The van der Waals surface area contributed by atoms with Crippen LogP contribution in [0.15, 0.2) is 24.3 Å². The fraction of sp³-hybridized carbons (Fsp3) is 0.500. The van der Waals surface area contributed by atoms with Crippen molar-refractivity contribution >= 4 is 17.3 Å². The molecule has 0 bridgehead atoms. The van der Waals surface area contributed by atoms with Crippen molar-refractivity contribution in [2.45, 2.75) is 6.10 Å². The quantitative estimate of drug-likeness (QED) is 0.872. The molecule has 88 valence electrons. The molecule has 0 saturated carbocycles. The number of nitrogens with zero attached hydrogens (tertiary/aromatic N) is 1. The van der Waals surface area contributed by atoms with Gasteiger partial charge in [-0.1, -0.05) is 23.7 Å². The van der Waals surface area contributed by atoms with E-state index < -0.39 is 0 Å². The van der Waals surface area contributed by atoms with Crippen LogP contribution in [-0.4, -0.2) is 39.4 Å². The molecule has 1 unspecified atom stereocenters. The van der Waals surface area contributed by atoms with Gasteiger partial charge in [-0.2, -0.15) is 0 Å². The van der Waals surface area contributed by atoms with E-state index in [0.717, 1.165) is 37.0 Å². The molecule has 0 aliphatic carbocycles. The molecule has 0 aromatic heterocycles. The van der Waals surface area contributed by atoms with Gasteiger partial charge in [0.2, 0.25) is 0 Å². The number of para-hydroxylation sites is 1. The van der Waals surface area contributed by atoms with Crippen LogP contribution in [0.3, 0.4) is 0 Å². The maximum Gasteiger partial charge on any atom is 0.0874 e. The number of nitrogens with one attached hydrogen (secondary N) is 1. The third-order valence-electron chi connectivity index (χ3n) is 2.75. The van der Waals surface area contributed by atoms with Crippen LogP contribution >= 0.6 is 11.6 Å². The summed E-state index contributed by atoms with van der Waals surface area (Å²) in [6, 6.07) is 7.88. The summed E-state index contributed by atoms with van der Waals surface area (Å²) in [5.41, 5.74) is 1.05. The highest BCUT2D eigenvalue weighted by Crippen LogP contribution is 2.24. The summed E-state index contributed by atoms with van der Waals surface area (Å²) in [6.07, 6.45) is 0.245. The number of likely N-dealkylation sites (N-methyl/N-ethyl adjacent to an activating group) is 1. The zero-order valence-electron chi connectivity index (χ0n) is 9.45. The van der Waals surface area contributed by atoms with Gasteiger partial charge in [-0.3, -0.25) is 0 Å². The van der Waals surface area contributed by atoms with Crippen molar-refractivity contribution in [1.82, 2.24) is 5.32 Å². The number of rotatable bonds is 3. The minimum atomic E-state index is 0.245. The Morgan fingerprint density at radius 2 is 2.31 bits per heavy atom. The van der Waals surface area contributed by atoms with Gasteiger partial charge in [-0.25, -0.2) is 0 Å². The van der Waals surface area contributed by atoms with Crippen molar-refractivity contribution < 1.29 is 4.74 Å². The highest BCUT2D eigenvalue weighted by atomic mass is 35.5. The molecular formula is C12H17ClN2O. The Balaban J connectivity index is 1.96. The lowest BCUT2D eigenvalue weighted by Crippen LogP contribution is -2.44. The summed E-state index contributed by atoms with van der Waals surface area (Å²) >= 11 is 6.14. The predicted octanol–water partition coefficient (Wildman–Crippen LogP) is 1.76. The van der Waals surface area contributed by atoms with E-state index in [1.165, 1.54) is 0 Å². The second-order valence-electron chi connectivity index (χ2n) is 4.03. The molecule has 16 heavy (non-hydrogen) atoms. The van der Waals surface area contributed by atoms with Crippen molar-refractivity contribution in [1.29, 1.82) is 0 Å². The van der Waals surface area contributed by atoms with Gasteiger partial charge in [-0.15, -0.1) is 0 Å². The van der Waals surface area contributed by atoms with Crippen LogP contribution in [0.5, 0.6) is 0 Å². The first kappa shape index (κ1) is 11.7. The van der Waals surface area contributed by atoms with E-state index in [2.05, 4.69) is 10.2 Å². The summed E-state index contributed by atoms with van der Waals surface area (Å²) in [6.45, 7) is 3.51. The Hall–Kier alpha value is -0.770. The zero-order chi connectivity index (χ0) is 11.4. The van der Waals surface area contributed by atoms with Gasteiger partial charge in [0.25, 0.3) is 0 Å². The lowest BCUT2D eigenvalue weighted by Gasteiger charge is -2.29. The molecule has 2 rings (SSSR count). The van der Waals surface area contributed by atoms with Gasteiger partial charge in [0.15, 0.2) is 0 Å². The maximum absolute atomic E-state index is 6.14. The van der Waals surface area contributed by atoms with Crippen LogP contribution in [0.4, 0.5) is 5.69 Å². The number of anilines is 1. The van der Waals surface area contributed by atoms with E-state index in [1.54, 1.807) is 0 Å². The van der Waals surface area contributed by atoms with Gasteiger partial charge >= 0.3 is 0 Å². The van der Waals surface area contributed by atoms with E-state index in [1.807, 2.05) is 31.3 Å². The molecule has 3 nitrogen and oxygen atoms in total. The van der Waals surface area contributed by atoms with E-state index in [-0.39, 0.29) is 6.10 Å². The van der Waals surface area contributed by atoms with Gasteiger partial charge < -0.3 is 15.0 Å². The summed E-state index contributed by atoms with van der Waals surface area (Å²) in [5.74, 6) is 0. The number of ether oxygens (including phenoxy) is 1. The molecule has 1 aliphatic heterocycles. The smallest absolute Gasteiger partial charge is 0.0874 e. The Labute approximate surface area is 101 Å². The van der Waals surface area contributed by atoms with Gasteiger partial charge in [0.05, 0.1) is 23.4 Å². The summed E-state index contributed by atoms with van der Waals surface area (Å²) in [7, 11) is 2.04. The minimum absolute atomic E-state index is 0.245. The van der Waals surface area contributed by atoms with Crippen molar-refractivity contribution in [2.24, 2.45) is 0 Å². The van der Waals surface area contributed by atoms with Crippen molar-refractivity contribution in [2.75, 3.05) is 38.2 Å². The Morgan fingerprint density at radius 1 is 1.50 bits per heavy atom. The van der Waals surface area contributed by atoms with Gasteiger partial charge in [0.1, 0.15) is 0 Å². The second kappa shape index (κ2) is 5.53. The molecule has 4 heteroatoms. The number of morpholine rings is 1. The predicted molar refractivity (Wildman–Crippen MR) is 67.3 cm³/mol. The number of hydrogen-bond donors (Lipinski definition) is 1. The van der Waals surface area contributed by atoms with Crippen molar-refractivity contribution in [3.8, 4) is 0 Å². The summed E-state index contributed by atoms with van der Waals surface area (Å²) < 4.78 is 5.66. The topological polar surface area (TPSA) is 24.5 Å². The third-order valence-corrected chi connectivity index (χ3v) is 3.07. The molecule has 1 atom stereocenters. The highest BCUT2D eigenvalue weighted by Gasteiger charge is 2.16. The van der Waals surface area contributed by atoms with Crippen LogP contribution in [0.25, 0.3) is 0 Å². The molecular weight excluding hydrogens is 224 g/mol. The van der Waals surface area contributed by atoms with Crippen LogP contribution in [0.2, 0.25) is 5.02 Å². The Kier molecular flexibility index (Phi) is 4.04. The third kappa shape index (κ3) is 2.88. The Morgan fingerprint density at radius 3 is 3.00 bits per heavy atom. The number of hydrogen-bond acceptors (Lipinski definition) is 3. The first-order chi connectivity index (χ1) is 7.77. The summed E-state index contributed by atoms with van der Waals surface area (Å²) in [4.78, 5) is 2.14. The second-order valence-corrected chi connectivity index (χ2v) is 4.44. The highest BCUT2D eigenvalue weighted by molar-refractivity contribution is 6.33. The summed E-state index contributed by atoms with van der Waals surface area (Å²) in [5, 5.41) is 4.11. The van der Waals surface area contributed by atoms with E-state index in [0.29, 0.717) is 0 Å². The minimum Gasteiger partial charge on any atom is -0.374 e. The van der Waals surface area contributed by atoms with Crippen molar-refractivity contribution in [3.63, 3.8) is 0 Å². The SMILES string of the molecule is CN(CC1CNCCO1)c1ccccc1Cl. The number of halogens is 1. The molecule has 1 N–H and O–H groups in total. The van der Waals surface area contributed by atoms with E-state index >= 15 is 0 Å². The monoisotopic (exact) mass is 240 g/mol. The fourth-order valence-corrected chi connectivity index (χ4v) is 2.18. The molecule has 1 aliphatic rings. The van der Waals surface area contributed by atoms with Crippen LogP contribution in [0.1, 0.15) is 0 Å². The molecule has 1 saturated heterocycles. The number of benzene rings is 1. The molecule has 1 fully saturated rings. The molecule has 0 spiro atoms. The largest absolute Gasteiger partial charge is 0.374 e. The maximum atomic E-state index is 6.14. The van der Waals surface area contributed by atoms with E-state index in [9.17, 15) is 0 Å². The van der Waals surface area contributed by atoms with Crippen LogP contribution in [0, 0.1) is 0 Å². The Bertz CT molecular complexity index is 340. The van der Waals surface area contributed by atoms with Crippen LogP contribution < -0.4 is 10.2 Å². The first-order valence-corrected chi connectivity index (χ1v) is 5.93. The molecule has 1 aromatic carbocycles. The molecule has 0 radical (unpaired) electrons. The lowest BCUT2D eigenvalue weighted by molar-refractivity contribution is 0.0340. The molecule has 0 amide bonds. The van der Waals surface area contributed by atoms with Gasteiger partial charge in [-0.05, 0) is 12.1 Å². The first-order valence-electron chi connectivity index (χ1n) is 5.55. The lowest BCUT2D eigenvalue weighted by atomic mass is 10.2. The standard InChI is InChI=1S/C12H17ClN2O/c1-15(9-10-8-14-6-7-16-10)12-5-3-2-4-11(12)13/h2-5,10,14H,6-9H2,1H3. The zero-order valence-corrected chi connectivity index (χ0v) is 10.2. The molecule has 1 aromatic rings. The molecule has 1 heterocycles. The van der Waals surface area contributed by atoms with E-state index in [4.69, 9.17) is 16.3 Å². The fourth-order valence-electron chi connectivity index (χ4n) is 1.90. The normalized spacial score (nSPS) is 20.8. The van der Waals surface area contributed by atoms with Crippen molar-refractivity contribution in [3.05, 3.63) is 29.3 Å².